The third-order valence-corrected chi connectivity index (χ3v) is 3.87. The maximum absolute atomic E-state index is 11.9. The monoisotopic (exact) mass is 270 g/mol. The highest BCUT2D eigenvalue weighted by atomic mass is 16.7. The molecule has 0 aromatic rings. The van der Waals surface area contributed by atoms with Crippen molar-refractivity contribution in [3.8, 4) is 0 Å². The van der Waals surface area contributed by atoms with Crippen molar-refractivity contribution >= 4 is 5.91 Å². The Morgan fingerprint density at radius 3 is 2.26 bits per heavy atom. The summed E-state index contributed by atoms with van der Waals surface area (Å²) in [6.45, 7) is 7.30. The normalized spacial score (nSPS) is 24.8. The number of ether oxygens (including phenoxy) is 2. The zero-order chi connectivity index (χ0) is 13.9. The average molecular weight is 270 g/mol. The van der Waals surface area contributed by atoms with Gasteiger partial charge in [0.25, 0.3) is 0 Å². The topological polar surface area (TPSA) is 59.6 Å². The van der Waals surface area contributed by atoms with Crippen molar-refractivity contribution in [2.75, 3.05) is 13.2 Å². The number of amides is 1. The second-order valence-electron chi connectivity index (χ2n) is 5.93. The molecule has 2 fully saturated rings. The van der Waals surface area contributed by atoms with Gasteiger partial charge in [0, 0.05) is 24.9 Å². The van der Waals surface area contributed by atoms with E-state index in [4.69, 9.17) is 9.47 Å². The molecule has 0 bridgehead atoms. The summed E-state index contributed by atoms with van der Waals surface area (Å²) in [7, 11) is 0. The van der Waals surface area contributed by atoms with Gasteiger partial charge in [-0.1, -0.05) is 0 Å². The molecule has 2 N–H and O–H groups in total. The Morgan fingerprint density at radius 1 is 1.16 bits per heavy atom. The van der Waals surface area contributed by atoms with Crippen LogP contribution in [-0.4, -0.2) is 43.0 Å². The maximum Gasteiger partial charge on any atom is 0.237 e. The molecule has 1 aliphatic carbocycles. The Labute approximate surface area is 115 Å². The Hall–Kier alpha value is -0.650. The smallest absolute Gasteiger partial charge is 0.237 e. The Morgan fingerprint density at radius 2 is 1.74 bits per heavy atom. The standard InChI is InChI=1S/C14H26N2O3/c1-10(2)15-13(17)11(3)16-12-4-6-14(7-5-12)18-8-9-19-14/h10-12,16H,4-9H2,1-3H3,(H,15,17). The van der Waals surface area contributed by atoms with Crippen molar-refractivity contribution in [2.45, 2.75) is 70.4 Å². The summed E-state index contributed by atoms with van der Waals surface area (Å²) in [5.74, 6) is -0.245. The van der Waals surface area contributed by atoms with E-state index >= 15 is 0 Å². The van der Waals surface area contributed by atoms with Gasteiger partial charge in [0.15, 0.2) is 5.79 Å². The molecule has 1 saturated carbocycles. The summed E-state index contributed by atoms with van der Waals surface area (Å²) in [5, 5.41) is 6.34. The zero-order valence-corrected chi connectivity index (χ0v) is 12.2. The Kier molecular flexibility index (Phi) is 4.81. The summed E-state index contributed by atoms with van der Waals surface area (Å²) in [6.07, 6.45) is 3.84. The SMILES string of the molecule is CC(C)NC(=O)C(C)NC1CCC2(CC1)OCCO2. The minimum Gasteiger partial charge on any atom is -0.353 e. The lowest BCUT2D eigenvalue weighted by atomic mass is 9.89. The molecule has 1 unspecified atom stereocenters. The number of nitrogens with one attached hydrogen (secondary N) is 2. The number of carbonyl (C=O) groups excluding carboxylic acids is 1. The predicted octanol–water partition coefficient (Wildman–Crippen LogP) is 1.17. The Bertz CT molecular complexity index is 304. The number of hydrogen-bond donors (Lipinski definition) is 2. The van der Waals surface area contributed by atoms with Crippen molar-refractivity contribution in [3.05, 3.63) is 0 Å². The van der Waals surface area contributed by atoms with Gasteiger partial charge >= 0.3 is 0 Å². The first kappa shape index (κ1) is 14.8. The van der Waals surface area contributed by atoms with Crippen molar-refractivity contribution in [3.63, 3.8) is 0 Å². The van der Waals surface area contributed by atoms with Gasteiger partial charge in [-0.2, -0.15) is 0 Å². The lowest BCUT2D eigenvalue weighted by Crippen LogP contribution is -2.50. The minimum atomic E-state index is -0.318. The van der Waals surface area contributed by atoms with Gasteiger partial charge in [0.05, 0.1) is 19.3 Å². The van der Waals surface area contributed by atoms with E-state index in [2.05, 4.69) is 10.6 Å². The van der Waals surface area contributed by atoms with Gasteiger partial charge in [0.1, 0.15) is 0 Å². The fourth-order valence-electron chi connectivity index (χ4n) is 2.85. The first-order valence-electron chi connectivity index (χ1n) is 7.35. The van der Waals surface area contributed by atoms with E-state index in [0.717, 1.165) is 25.7 Å². The molecule has 0 aromatic heterocycles. The van der Waals surface area contributed by atoms with Gasteiger partial charge in [-0.05, 0) is 33.6 Å². The summed E-state index contributed by atoms with van der Waals surface area (Å²) in [6, 6.07) is 0.421. The van der Waals surface area contributed by atoms with E-state index in [0.29, 0.717) is 19.3 Å². The number of rotatable bonds is 4. The van der Waals surface area contributed by atoms with Crippen LogP contribution in [0.1, 0.15) is 46.5 Å². The molecule has 5 heteroatoms. The van der Waals surface area contributed by atoms with Crippen molar-refractivity contribution < 1.29 is 14.3 Å². The lowest BCUT2D eigenvalue weighted by molar-refractivity contribution is -0.179. The average Bonchev–Trinajstić information content (AvgIpc) is 2.80. The Balaban J connectivity index is 1.74. The van der Waals surface area contributed by atoms with Crippen LogP contribution < -0.4 is 10.6 Å². The van der Waals surface area contributed by atoms with Crippen molar-refractivity contribution in [1.29, 1.82) is 0 Å². The second-order valence-corrected chi connectivity index (χ2v) is 5.93. The van der Waals surface area contributed by atoms with Crippen LogP contribution >= 0.6 is 0 Å². The maximum atomic E-state index is 11.9. The summed E-state index contributed by atoms with van der Waals surface area (Å²) in [4.78, 5) is 11.9. The molecule has 1 amide bonds. The highest BCUT2D eigenvalue weighted by molar-refractivity contribution is 5.81. The highest BCUT2D eigenvalue weighted by Gasteiger charge is 2.40. The molecular formula is C14H26N2O3. The molecule has 5 nitrogen and oxygen atoms in total. The fraction of sp³-hybridized carbons (Fsp3) is 0.929. The summed E-state index contributed by atoms with van der Waals surface area (Å²) < 4.78 is 11.4. The van der Waals surface area contributed by atoms with E-state index in [9.17, 15) is 4.79 Å². The highest BCUT2D eigenvalue weighted by Crippen LogP contribution is 2.35. The number of carbonyl (C=O) groups is 1. The molecule has 2 rings (SSSR count). The zero-order valence-electron chi connectivity index (χ0n) is 12.2. The molecule has 110 valence electrons. The first-order valence-corrected chi connectivity index (χ1v) is 7.35. The molecule has 0 aromatic carbocycles. The second kappa shape index (κ2) is 6.20. The van der Waals surface area contributed by atoms with Crippen LogP contribution in [0.2, 0.25) is 0 Å². The van der Waals surface area contributed by atoms with Gasteiger partial charge < -0.3 is 20.1 Å². The summed E-state index contributed by atoms with van der Waals surface area (Å²) >= 11 is 0. The van der Waals surface area contributed by atoms with E-state index in [1.54, 1.807) is 0 Å². The van der Waals surface area contributed by atoms with Gasteiger partial charge in [-0.15, -0.1) is 0 Å². The lowest BCUT2D eigenvalue weighted by Gasteiger charge is -2.36. The largest absolute Gasteiger partial charge is 0.353 e. The minimum absolute atomic E-state index is 0.0728. The molecule has 1 heterocycles. The molecule has 1 atom stereocenters. The molecule has 19 heavy (non-hydrogen) atoms. The van der Waals surface area contributed by atoms with E-state index in [1.807, 2.05) is 20.8 Å². The van der Waals surface area contributed by atoms with Crippen LogP contribution in [0.4, 0.5) is 0 Å². The van der Waals surface area contributed by atoms with Crippen molar-refractivity contribution in [2.24, 2.45) is 0 Å². The van der Waals surface area contributed by atoms with E-state index < -0.39 is 0 Å². The molecule has 2 aliphatic rings. The molecule has 1 spiro atoms. The van der Waals surface area contributed by atoms with Crippen LogP contribution in [0, 0.1) is 0 Å². The van der Waals surface area contributed by atoms with Crippen LogP contribution in [0.5, 0.6) is 0 Å². The first-order chi connectivity index (χ1) is 9.01. The summed E-state index contributed by atoms with van der Waals surface area (Å²) in [5.41, 5.74) is 0. The van der Waals surface area contributed by atoms with Gasteiger partial charge in [-0.3, -0.25) is 4.79 Å². The third-order valence-electron chi connectivity index (χ3n) is 3.87. The van der Waals surface area contributed by atoms with Crippen LogP contribution in [-0.2, 0) is 14.3 Å². The van der Waals surface area contributed by atoms with E-state index in [-0.39, 0.29) is 23.8 Å². The van der Waals surface area contributed by atoms with Gasteiger partial charge in [-0.25, -0.2) is 0 Å². The van der Waals surface area contributed by atoms with Crippen LogP contribution in [0.3, 0.4) is 0 Å². The van der Waals surface area contributed by atoms with Crippen LogP contribution in [0.25, 0.3) is 0 Å². The fourth-order valence-corrected chi connectivity index (χ4v) is 2.85. The number of hydrogen-bond acceptors (Lipinski definition) is 4. The molecule has 0 radical (unpaired) electrons. The van der Waals surface area contributed by atoms with E-state index in [1.165, 1.54) is 0 Å². The molecular weight excluding hydrogens is 244 g/mol. The van der Waals surface area contributed by atoms with Crippen molar-refractivity contribution in [1.82, 2.24) is 10.6 Å². The predicted molar refractivity (Wildman–Crippen MR) is 72.8 cm³/mol. The molecule has 1 aliphatic heterocycles. The van der Waals surface area contributed by atoms with Crippen LogP contribution in [0.15, 0.2) is 0 Å². The third kappa shape index (κ3) is 3.91. The van der Waals surface area contributed by atoms with Gasteiger partial charge in [0.2, 0.25) is 5.91 Å². The molecule has 1 saturated heterocycles. The quantitative estimate of drug-likeness (QED) is 0.805.